The highest BCUT2D eigenvalue weighted by Gasteiger charge is 2.20. The summed E-state index contributed by atoms with van der Waals surface area (Å²) in [6, 6.07) is 13.6. The topological polar surface area (TPSA) is 76.7 Å². The van der Waals surface area contributed by atoms with E-state index in [0.717, 1.165) is 19.4 Å². The second-order valence-electron chi connectivity index (χ2n) is 6.59. The number of benzene rings is 2. The van der Waals surface area contributed by atoms with Gasteiger partial charge < -0.3 is 20.1 Å². The number of nitrogens with one attached hydrogen (secondary N) is 2. The molecule has 0 aromatic heterocycles. The third kappa shape index (κ3) is 5.47. The van der Waals surface area contributed by atoms with Crippen molar-refractivity contribution >= 4 is 29.1 Å². The SMILES string of the molecule is CC(Oc1ccc(Cl)cc1)C(=O)Nc1ccccc1C(=O)NCC1CCCO1. The molecule has 2 N–H and O–H groups in total. The van der Waals surface area contributed by atoms with Crippen molar-refractivity contribution in [1.82, 2.24) is 5.32 Å². The molecule has 0 radical (unpaired) electrons. The first kappa shape index (κ1) is 20.2. The van der Waals surface area contributed by atoms with E-state index in [4.69, 9.17) is 21.1 Å². The van der Waals surface area contributed by atoms with Crippen LogP contribution in [0.1, 0.15) is 30.1 Å². The first-order valence-electron chi connectivity index (χ1n) is 9.25. The minimum atomic E-state index is -0.746. The molecule has 148 valence electrons. The van der Waals surface area contributed by atoms with Gasteiger partial charge in [0.1, 0.15) is 5.75 Å². The Morgan fingerprint density at radius 2 is 1.96 bits per heavy atom. The molecule has 7 heteroatoms. The normalized spacial score (nSPS) is 17.0. The van der Waals surface area contributed by atoms with Gasteiger partial charge in [0.2, 0.25) is 0 Å². The summed E-state index contributed by atoms with van der Waals surface area (Å²) < 4.78 is 11.2. The van der Waals surface area contributed by atoms with Crippen molar-refractivity contribution in [2.24, 2.45) is 0 Å². The molecule has 0 aliphatic carbocycles. The van der Waals surface area contributed by atoms with Crippen molar-refractivity contribution in [3.8, 4) is 5.75 Å². The zero-order valence-electron chi connectivity index (χ0n) is 15.6. The summed E-state index contributed by atoms with van der Waals surface area (Å²) in [5, 5.41) is 6.23. The van der Waals surface area contributed by atoms with Gasteiger partial charge in [-0.15, -0.1) is 0 Å². The molecule has 2 amide bonds. The lowest BCUT2D eigenvalue weighted by Gasteiger charge is -2.17. The molecule has 6 nitrogen and oxygen atoms in total. The van der Waals surface area contributed by atoms with E-state index in [1.807, 2.05) is 0 Å². The number of amides is 2. The van der Waals surface area contributed by atoms with Gasteiger partial charge in [0.05, 0.1) is 17.4 Å². The van der Waals surface area contributed by atoms with Gasteiger partial charge in [0, 0.05) is 18.2 Å². The Labute approximate surface area is 169 Å². The molecule has 1 fully saturated rings. The lowest BCUT2D eigenvalue weighted by atomic mass is 10.1. The number of halogens is 1. The van der Waals surface area contributed by atoms with Crippen LogP contribution < -0.4 is 15.4 Å². The first-order valence-corrected chi connectivity index (χ1v) is 9.62. The standard InChI is InChI=1S/C21H23ClN2O4/c1-14(28-16-10-8-15(22)9-11-16)20(25)24-19-7-3-2-6-18(19)21(26)23-13-17-5-4-12-27-17/h2-3,6-11,14,17H,4-5,12-13H2,1H3,(H,23,26)(H,24,25). The minimum Gasteiger partial charge on any atom is -0.481 e. The van der Waals surface area contributed by atoms with Crippen LogP contribution in [-0.4, -0.2) is 37.2 Å². The first-order chi connectivity index (χ1) is 13.5. The number of ether oxygens (including phenoxy) is 2. The summed E-state index contributed by atoms with van der Waals surface area (Å²) in [7, 11) is 0. The summed E-state index contributed by atoms with van der Waals surface area (Å²) in [5.41, 5.74) is 0.830. The molecule has 2 atom stereocenters. The monoisotopic (exact) mass is 402 g/mol. The fraction of sp³-hybridized carbons (Fsp3) is 0.333. The molecule has 1 heterocycles. The molecule has 2 aromatic rings. The number of para-hydroxylation sites is 1. The van der Waals surface area contributed by atoms with Gasteiger partial charge in [-0.1, -0.05) is 23.7 Å². The van der Waals surface area contributed by atoms with E-state index in [1.165, 1.54) is 0 Å². The molecular weight excluding hydrogens is 380 g/mol. The fourth-order valence-electron chi connectivity index (χ4n) is 2.90. The Kier molecular flexibility index (Phi) is 6.90. The van der Waals surface area contributed by atoms with Crippen LogP contribution in [0.25, 0.3) is 0 Å². The van der Waals surface area contributed by atoms with Gasteiger partial charge in [0.15, 0.2) is 6.10 Å². The Bertz CT molecular complexity index is 819. The van der Waals surface area contributed by atoms with E-state index in [1.54, 1.807) is 55.5 Å². The van der Waals surface area contributed by atoms with Crippen molar-refractivity contribution < 1.29 is 19.1 Å². The largest absolute Gasteiger partial charge is 0.481 e. The van der Waals surface area contributed by atoms with Crippen molar-refractivity contribution in [3.63, 3.8) is 0 Å². The van der Waals surface area contributed by atoms with Crippen molar-refractivity contribution in [1.29, 1.82) is 0 Å². The van der Waals surface area contributed by atoms with Crippen LogP contribution in [0.3, 0.4) is 0 Å². The molecule has 0 spiro atoms. The van der Waals surface area contributed by atoms with Gasteiger partial charge in [0.25, 0.3) is 11.8 Å². The lowest BCUT2D eigenvalue weighted by Crippen LogP contribution is -2.34. The summed E-state index contributed by atoms with van der Waals surface area (Å²) in [4.78, 5) is 25.0. The maximum absolute atomic E-state index is 12.5. The highest BCUT2D eigenvalue weighted by atomic mass is 35.5. The van der Waals surface area contributed by atoms with Crippen LogP contribution in [-0.2, 0) is 9.53 Å². The number of hydrogen-bond acceptors (Lipinski definition) is 4. The number of rotatable bonds is 7. The zero-order valence-corrected chi connectivity index (χ0v) is 16.4. The second kappa shape index (κ2) is 9.57. The van der Waals surface area contributed by atoms with Crippen molar-refractivity contribution in [3.05, 3.63) is 59.1 Å². The summed E-state index contributed by atoms with van der Waals surface area (Å²) >= 11 is 5.85. The fourth-order valence-corrected chi connectivity index (χ4v) is 3.03. The van der Waals surface area contributed by atoms with E-state index in [9.17, 15) is 9.59 Å². The van der Waals surface area contributed by atoms with Crippen LogP contribution in [0, 0.1) is 0 Å². The van der Waals surface area contributed by atoms with Crippen molar-refractivity contribution in [2.45, 2.75) is 32.0 Å². The van der Waals surface area contributed by atoms with E-state index in [-0.39, 0.29) is 17.9 Å². The number of carbonyl (C=O) groups excluding carboxylic acids is 2. The van der Waals surface area contributed by atoms with Crippen molar-refractivity contribution in [2.75, 3.05) is 18.5 Å². The Hall–Kier alpha value is -2.57. The molecular formula is C21H23ClN2O4. The van der Waals surface area contributed by atoms with Gasteiger partial charge in [-0.25, -0.2) is 0 Å². The smallest absolute Gasteiger partial charge is 0.265 e. The molecule has 2 unspecified atom stereocenters. The quantitative estimate of drug-likeness (QED) is 0.741. The average Bonchev–Trinajstić information content (AvgIpc) is 3.22. The van der Waals surface area contributed by atoms with Crippen LogP contribution in [0.5, 0.6) is 5.75 Å². The predicted octanol–water partition coefficient (Wildman–Crippen LogP) is 3.65. The average molecular weight is 403 g/mol. The maximum Gasteiger partial charge on any atom is 0.265 e. The van der Waals surface area contributed by atoms with E-state index < -0.39 is 6.10 Å². The van der Waals surface area contributed by atoms with Gasteiger partial charge in [-0.3, -0.25) is 9.59 Å². The van der Waals surface area contributed by atoms with E-state index >= 15 is 0 Å². The second-order valence-corrected chi connectivity index (χ2v) is 7.03. The molecule has 1 aliphatic heterocycles. The highest BCUT2D eigenvalue weighted by Crippen LogP contribution is 2.19. The third-order valence-electron chi connectivity index (χ3n) is 4.44. The molecule has 28 heavy (non-hydrogen) atoms. The van der Waals surface area contributed by atoms with Gasteiger partial charge in [-0.05, 0) is 56.2 Å². The van der Waals surface area contributed by atoms with Crippen LogP contribution in [0.15, 0.2) is 48.5 Å². The van der Waals surface area contributed by atoms with Crippen LogP contribution >= 0.6 is 11.6 Å². The number of hydrogen-bond donors (Lipinski definition) is 2. The van der Waals surface area contributed by atoms with E-state index in [2.05, 4.69) is 10.6 Å². The molecule has 1 saturated heterocycles. The third-order valence-corrected chi connectivity index (χ3v) is 4.69. The maximum atomic E-state index is 12.5. The molecule has 0 saturated carbocycles. The Morgan fingerprint density at radius 3 is 2.68 bits per heavy atom. The Balaban J connectivity index is 1.60. The highest BCUT2D eigenvalue weighted by molar-refractivity contribution is 6.30. The Morgan fingerprint density at radius 1 is 1.21 bits per heavy atom. The molecule has 2 aromatic carbocycles. The lowest BCUT2D eigenvalue weighted by molar-refractivity contribution is -0.122. The summed E-state index contributed by atoms with van der Waals surface area (Å²) in [6.07, 6.45) is 1.26. The number of anilines is 1. The molecule has 1 aliphatic rings. The van der Waals surface area contributed by atoms with Crippen LogP contribution in [0.4, 0.5) is 5.69 Å². The van der Waals surface area contributed by atoms with E-state index in [0.29, 0.717) is 28.6 Å². The predicted molar refractivity (Wildman–Crippen MR) is 108 cm³/mol. The minimum absolute atomic E-state index is 0.0542. The number of carbonyl (C=O) groups is 2. The van der Waals surface area contributed by atoms with Gasteiger partial charge >= 0.3 is 0 Å². The van der Waals surface area contributed by atoms with Gasteiger partial charge in [-0.2, -0.15) is 0 Å². The zero-order chi connectivity index (χ0) is 19.9. The molecule has 0 bridgehead atoms. The summed E-state index contributed by atoms with van der Waals surface area (Å²) in [5.74, 6) is -0.0679. The summed E-state index contributed by atoms with van der Waals surface area (Å²) in [6.45, 7) is 2.83. The molecule has 3 rings (SSSR count). The van der Waals surface area contributed by atoms with Crippen LogP contribution in [0.2, 0.25) is 5.02 Å².